The third kappa shape index (κ3) is 5.45. The molecule has 0 aromatic heterocycles. The average molecular weight is 443 g/mol. The van der Waals surface area contributed by atoms with Crippen molar-refractivity contribution in [3.05, 3.63) is 101 Å². The molecule has 33 heavy (non-hydrogen) atoms. The second kappa shape index (κ2) is 10.2. The topological polar surface area (TPSA) is 32.8 Å². The maximum absolute atomic E-state index is 13.1. The lowest BCUT2D eigenvalue weighted by Gasteiger charge is -2.40. The van der Waals surface area contributed by atoms with E-state index in [2.05, 4.69) is 67.3 Å². The highest BCUT2D eigenvalue weighted by Crippen LogP contribution is 2.32. The van der Waals surface area contributed by atoms with Gasteiger partial charge >= 0.3 is 0 Å². The van der Waals surface area contributed by atoms with Crippen LogP contribution < -0.4 is 4.74 Å². The van der Waals surface area contributed by atoms with Crippen LogP contribution in [0.1, 0.15) is 52.5 Å². The van der Waals surface area contributed by atoms with Gasteiger partial charge in [-0.1, -0.05) is 54.1 Å². The van der Waals surface area contributed by atoms with Crippen molar-refractivity contribution < 1.29 is 9.53 Å². The fourth-order valence-electron chi connectivity index (χ4n) is 4.59. The van der Waals surface area contributed by atoms with Crippen molar-refractivity contribution in [2.24, 2.45) is 0 Å². The molecule has 1 aliphatic heterocycles. The molecule has 0 N–H and O–H groups in total. The Bertz CT molecular complexity index is 1070. The van der Waals surface area contributed by atoms with Gasteiger partial charge in [0.25, 0.3) is 5.91 Å². The molecule has 0 aliphatic carbocycles. The Hall–Kier alpha value is -3.11. The van der Waals surface area contributed by atoms with E-state index in [9.17, 15) is 4.79 Å². The van der Waals surface area contributed by atoms with Crippen LogP contribution in [0.25, 0.3) is 0 Å². The summed E-state index contributed by atoms with van der Waals surface area (Å²) in [5.41, 5.74) is 5.94. The van der Waals surface area contributed by atoms with E-state index in [-0.39, 0.29) is 18.1 Å². The van der Waals surface area contributed by atoms with Crippen LogP contribution in [0.15, 0.2) is 72.8 Å². The third-order valence-electron chi connectivity index (χ3n) is 6.28. The first-order chi connectivity index (χ1) is 15.9. The Morgan fingerprint density at radius 2 is 1.52 bits per heavy atom. The summed E-state index contributed by atoms with van der Waals surface area (Å²) in [4.78, 5) is 17.6. The van der Waals surface area contributed by atoms with Gasteiger partial charge in [-0.05, 0) is 68.7 Å². The van der Waals surface area contributed by atoms with Crippen LogP contribution in [-0.2, 0) is 0 Å². The molecule has 0 saturated carbocycles. The van der Waals surface area contributed by atoms with Crippen LogP contribution >= 0.6 is 0 Å². The van der Waals surface area contributed by atoms with Crippen molar-refractivity contribution in [2.75, 3.05) is 26.2 Å². The number of ether oxygens (including phenoxy) is 1. The van der Waals surface area contributed by atoms with E-state index in [1.165, 1.54) is 22.3 Å². The van der Waals surface area contributed by atoms with Gasteiger partial charge in [-0.25, -0.2) is 0 Å². The smallest absolute Gasteiger partial charge is 0.253 e. The molecular weight excluding hydrogens is 408 g/mol. The molecule has 0 spiro atoms. The minimum atomic E-state index is 0.0914. The van der Waals surface area contributed by atoms with E-state index in [1.54, 1.807) is 0 Å². The number of carbonyl (C=O) groups excluding carboxylic acids is 1. The molecule has 1 amide bonds. The molecule has 3 aromatic rings. The largest absolute Gasteiger partial charge is 0.491 e. The molecule has 1 aliphatic rings. The van der Waals surface area contributed by atoms with Gasteiger partial charge in [0.05, 0.1) is 12.1 Å². The summed E-state index contributed by atoms with van der Waals surface area (Å²) in [5, 5.41) is 0. The van der Waals surface area contributed by atoms with E-state index >= 15 is 0 Å². The van der Waals surface area contributed by atoms with Crippen LogP contribution in [0, 0.1) is 13.8 Å². The van der Waals surface area contributed by atoms with E-state index in [0.29, 0.717) is 5.56 Å². The molecule has 0 radical (unpaired) electrons. The highest BCUT2D eigenvalue weighted by molar-refractivity contribution is 5.94. The molecule has 1 heterocycles. The number of hydrogen-bond donors (Lipinski definition) is 0. The van der Waals surface area contributed by atoms with E-state index < -0.39 is 0 Å². The monoisotopic (exact) mass is 442 g/mol. The van der Waals surface area contributed by atoms with Crippen LogP contribution in [0.3, 0.4) is 0 Å². The first-order valence-electron chi connectivity index (χ1n) is 11.8. The summed E-state index contributed by atoms with van der Waals surface area (Å²) in [7, 11) is 0. The molecule has 4 nitrogen and oxygen atoms in total. The average Bonchev–Trinajstić information content (AvgIpc) is 2.82. The normalized spacial score (nSPS) is 15.5. The molecule has 172 valence electrons. The minimum absolute atomic E-state index is 0.0914. The van der Waals surface area contributed by atoms with Crippen molar-refractivity contribution in [1.29, 1.82) is 0 Å². The van der Waals surface area contributed by atoms with Gasteiger partial charge in [-0.15, -0.1) is 0 Å². The second-order valence-electron chi connectivity index (χ2n) is 9.19. The van der Waals surface area contributed by atoms with Crippen LogP contribution in [0.4, 0.5) is 0 Å². The summed E-state index contributed by atoms with van der Waals surface area (Å²) in [6.07, 6.45) is 0.120. The number of piperazine rings is 1. The zero-order valence-electron chi connectivity index (χ0n) is 20.1. The highest BCUT2D eigenvalue weighted by atomic mass is 16.5. The lowest BCUT2D eigenvalue weighted by molar-refractivity contribution is 0.0597. The molecule has 4 rings (SSSR count). The molecule has 0 bridgehead atoms. The standard InChI is InChI=1S/C29H34N2O2/c1-21(2)33-26-14-12-25(13-15-26)29(32)31-18-16-30(17-19-31)28(24-8-6-5-7-9-24)27-20-22(3)10-11-23(27)4/h5-15,20-21,28H,16-19H2,1-4H3/t28-/m0/s1. The Morgan fingerprint density at radius 3 is 2.15 bits per heavy atom. The van der Waals surface area contributed by atoms with Gasteiger partial charge in [-0.3, -0.25) is 9.69 Å². The number of amides is 1. The van der Waals surface area contributed by atoms with Crippen molar-refractivity contribution >= 4 is 5.91 Å². The quantitative estimate of drug-likeness (QED) is 0.495. The van der Waals surface area contributed by atoms with Crippen molar-refractivity contribution in [1.82, 2.24) is 9.80 Å². The number of benzene rings is 3. The minimum Gasteiger partial charge on any atom is -0.491 e. The maximum atomic E-state index is 13.1. The van der Waals surface area contributed by atoms with Crippen LogP contribution in [0.2, 0.25) is 0 Å². The summed E-state index contributed by atoms with van der Waals surface area (Å²) in [6.45, 7) is 11.5. The SMILES string of the molecule is Cc1ccc(C)c([C@H](c2ccccc2)N2CCN(C(=O)c3ccc(OC(C)C)cc3)CC2)c1. The molecular formula is C29H34N2O2. The van der Waals surface area contributed by atoms with Crippen LogP contribution in [-0.4, -0.2) is 48.0 Å². The summed E-state index contributed by atoms with van der Waals surface area (Å²) in [5.74, 6) is 0.888. The van der Waals surface area contributed by atoms with Gasteiger partial charge in [-0.2, -0.15) is 0 Å². The van der Waals surface area contributed by atoms with Gasteiger partial charge in [0.1, 0.15) is 5.75 Å². The highest BCUT2D eigenvalue weighted by Gasteiger charge is 2.29. The predicted molar refractivity (Wildman–Crippen MR) is 134 cm³/mol. The van der Waals surface area contributed by atoms with Crippen LogP contribution in [0.5, 0.6) is 5.75 Å². The predicted octanol–water partition coefficient (Wildman–Crippen LogP) is 5.64. The zero-order valence-corrected chi connectivity index (χ0v) is 20.1. The molecule has 1 atom stereocenters. The second-order valence-corrected chi connectivity index (χ2v) is 9.19. The van der Waals surface area contributed by atoms with Gasteiger partial charge < -0.3 is 9.64 Å². The van der Waals surface area contributed by atoms with E-state index in [1.807, 2.05) is 43.0 Å². The molecule has 1 fully saturated rings. The van der Waals surface area contributed by atoms with Gasteiger partial charge in [0.2, 0.25) is 0 Å². The van der Waals surface area contributed by atoms with Crippen molar-refractivity contribution in [3.63, 3.8) is 0 Å². The lowest BCUT2D eigenvalue weighted by Crippen LogP contribution is -2.50. The Balaban J connectivity index is 1.49. The fraction of sp³-hybridized carbons (Fsp3) is 0.345. The molecule has 3 aromatic carbocycles. The third-order valence-corrected chi connectivity index (χ3v) is 6.28. The van der Waals surface area contributed by atoms with Gasteiger partial charge in [0, 0.05) is 31.7 Å². The Kier molecular flexibility index (Phi) is 7.14. The number of hydrogen-bond acceptors (Lipinski definition) is 3. The van der Waals surface area contributed by atoms with E-state index in [0.717, 1.165) is 31.9 Å². The first kappa shape index (κ1) is 23.1. The van der Waals surface area contributed by atoms with Gasteiger partial charge in [0.15, 0.2) is 0 Å². The van der Waals surface area contributed by atoms with Crippen molar-refractivity contribution in [3.8, 4) is 5.75 Å². The molecule has 4 heteroatoms. The lowest BCUT2D eigenvalue weighted by atomic mass is 9.92. The number of aryl methyl sites for hydroxylation is 2. The number of nitrogens with zero attached hydrogens (tertiary/aromatic N) is 2. The maximum Gasteiger partial charge on any atom is 0.253 e. The zero-order chi connectivity index (χ0) is 23.4. The summed E-state index contributed by atoms with van der Waals surface area (Å²) < 4.78 is 5.71. The first-order valence-corrected chi connectivity index (χ1v) is 11.8. The fourth-order valence-corrected chi connectivity index (χ4v) is 4.59. The summed E-state index contributed by atoms with van der Waals surface area (Å²) in [6, 6.07) is 25.1. The van der Waals surface area contributed by atoms with E-state index in [4.69, 9.17) is 4.74 Å². The Morgan fingerprint density at radius 1 is 0.848 bits per heavy atom. The molecule has 0 unspecified atom stereocenters. The molecule has 1 saturated heterocycles. The number of carbonyl (C=O) groups is 1. The summed E-state index contributed by atoms with van der Waals surface area (Å²) >= 11 is 0. The Labute approximate surface area is 197 Å². The number of rotatable bonds is 6. The van der Waals surface area contributed by atoms with Crippen molar-refractivity contribution in [2.45, 2.75) is 39.8 Å².